The van der Waals surface area contributed by atoms with Gasteiger partial charge in [0.05, 0.1) is 18.5 Å². The molecule has 0 saturated carbocycles. The van der Waals surface area contributed by atoms with Gasteiger partial charge in [0.1, 0.15) is 23.1 Å². The Morgan fingerprint density at radius 2 is 2.18 bits per heavy atom. The van der Waals surface area contributed by atoms with Crippen LogP contribution in [0.25, 0.3) is 0 Å². The zero-order valence-electron chi connectivity index (χ0n) is 17.8. The van der Waals surface area contributed by atoms with Crippen molar-refractivity contribution in [3.63, 3.8) is 0 Å². The van der Waals surface area contributed by atoms with Crippen molar-refractivity contribution in [2.24, 2.45) is 0 Å². The Bertz CT molecular complexity index is 1210. The van der Waals surface area contributed by atoms with Gasteiger partial charge < -0.3 is 20.1 Å². The van der Waals surface area contributed by atoms with Gasteiger partial charge in [-0.1, -0.05) is 30.3 Å². The number of benzene rings is 2. The molecule has 33 heavy (non-hydrogen) atoms. The average Bonchev–Trinajstić information content (AvgIpc) is 2.94. The molecule has 10 heteroatoms. The summed E-state index contributed by atoms with van der Waals surface area (Å²) in [5.74, 6) is 0.232. The number of hydrogen-bond donors (Lipinski definition) is 2. The van der Waals surface area contributed by atoms with Crippen molar-refractivity contribution in [1.29, 1.82) is 0 Å². The number of hydrogen-bond acceptors (Lipinski definition) is 7. The first-order chi connectivity index (χ1) is 16.0. The molecule has 0 spiro atoms. The van der Waals surface area contributed by atoms with Crippen molar-refractivity contribution in [3.8, 4) is 5.75 Å². The predicted octanol–water partition coefficient (Wildman–Crippen LogP) is 5.45. The van der Waals surface area contributed by atoms with Crippen molar-refractivity contribution >= 4 is 46.5 Å². The topological polar surface area (TPSA) is 88.6 Å². The fourth-order valence-electron chi connectivity index (χ4n) is 3.29. The molecule has 170 valence electrons. The molecule has 1 aliphatic heterocycles. The van der Waals surface area contributed by atoms with Gasteiger partial charge in [-0.15, -0.1) is 0 Å². The molecule has 1 aromatic heterocycles. The lowest BCUT2D eigenvalue weighted by molar-refractivity contribution is 0.159. The van der Waals surface area contributed by atoms with Gasteiger partial charge in [-0.2, -0.15) is 4.98 Å². The summed E-state index contributed by atoms with van der Waals surface area (Å²) < 4.78 is 25.2. The van der Waals surface area contributed by atoms with Crippen LogP contribution in [0.3, 0.4) is 0 Å². The second-order valence-electron chi connectivity index (χ2n) is 7.12. The molecular weight excluding hydrogens is 449 g/mol. The minimum Gasteiger partial charge on any atom is -0.487 e. The molecule has 0 aliphatic carbocycles. The molecule has 2 aromatic carbocycles. The fourth-order valence-corrected chi connectivity index (χ4v) is 3.43. The molecule has 0 atom stereocenters. The molecule has 1 amide bonds. The highest BCUT2D eigenvalue weighted by atomic mass is 35.5. The maximum absolute atomic E-state index is 14.5. The van der Waals surface area contributed by atoms with Gasteiger partial charge in [0, 0.05) is 19.2 Å². The summed E-state index contributed by atoms with van der Waals surface area (Å²) in [6.07, 6.45) is 3.16. The van der Waals surface area contributed by atoms with Gasteiger partial charge in [0.2, 0.25) is 5.95 Å². The predicted molar refractivity (Wildman–Crippen MR) is 126 cm³/mol. The van der Waals surface area contributed by atoms with E-state index in [1.165, 1.54) is 17.2 Å². The highest BCUT2D eigenvalue weighted by Crippen LogP contribution is 2.33. The van der Waals surface area contributed by atoms with Crippen LogP contribution < -0.4 is 20.3 Å². The van der Waals surface area contributed by atoms with Crippen molar-refractivity contribution < 1.29 is 18.7 Å². The Morgan fingerprint density at radius 1 is 1.33 bits per heavy atom. The summed E-state index contributed by atoms with van der Waals surface area (Å²) in [4.78, 5) is 21.9. The highest BCUT2D eigenvalue weighted by Gasteiger charge is 2.20. The number of halogens is 2. The molecule has 1 aliphatic rings. The number of para-hydroxylation sites is 1. The van der Waals surface area contributed by atoms with Gasteiger partial charge in [0.25, 0.3) is 0 Å². The molecule has 0 radical (unpaired) electrons. The summed E-state index contributed by atoms with van der Waals surface area (Å²) in [5.41, 5.74) is 2.53. The zero-order valence-corrected chi connectivity index (χ0v) is 18.5. The standard InChI is InChI=1S/C23H21ClFN5O3/c1-3-10-32-19-6-4-5-17(25)20(19)28-21-16(24)13-26-22(29-21)27-15-7-8-18-14(12-15)9-11-33-23(31)30(18)2/h3-8,12-13H,1,9-11H2,2H3,(H2,26,27,28,29). The van der Waals surface area contributed by atoms with Crippen LogP contribution in [0.15, 0.2) is 55.3 Å². The van der Waals surface area contributed by atoms with Gasteiger partial charge in [0.15, 0.2) is 11.6 Å². The Balaban J connectivity index is 1.59. The molecule has 8 nitrogen and oxygen atoms in total. The van der Waals surface area contributed by atoms with Crippen molar-refractivity contribution in [2.45, 2.75) is 6.42 Å². The number of amides is 1. The van der Waals surface area contributed by atoms with Crippen LogP contribution >= 0.6 is 11.6 Å². The monoisotopic (exact) mass is 469 g/mol. The Hall–Kier alpha value is -3.85. The first kappa shape index (κ1) is 22.3. The summed E-state index contributed by atoms with van der Waals surface area (Å²) in [6, 6.07) is 10.0. The Kier molecular flexibility index (Phi) is 6.60. The number of ether oxygens (including phenoxy) is 2. The maximum Gasteiger partial charge on any atom is 0.414 e. The Labute approximate surface area is 195 Å². The second-order valence-corrected chi connectivity index (χ2v) is 7.53. The molecule has 2 N–H and O–H groups in total. The van der Waals surface area contributed by atoms with Gasteiger partial charge in [-0.3, -0.25) is 4.90 Å². The number of aromatic nitrogens is 2. The largest absolute Gasteiger partial charge is 0.487 e. The van der Waals surface area contributed by atoms with E-state index in [2.05, 4.69) is 27.2 Å². The van der Waals surface area contributed by atoms with E-state index in [0.29, 0.717) is 24.5 Å². The second kappa shape index (κ2) is 9.74. The molecule has 0 unspecified atom stereocenters. The smallest absolute Gasteiger partial charge is 0.414 e. The van der Waals surface area contributed by atoms with Gasteiger partial charge in [-0.05, 0) is 35.9 Å². The average molecular weight is 470 g/mol. The van der Waals surface area contributed by atoms with Crippen LogP contribution in [0.2, 0.25) is 5.02 Å². The number of rotatable bonds is 7. The van der Waals surface area contributed by atoms with Crippen LogP contribution in [0.5, 0.6) is 5.75 Å². The van der Waals surface area contributed by atoms with E-state index in [1.807, 2.05) is 12.1 Å². The van der Waals surface area contributed by atoms with Gasteiger partial charge in [-0.25, -0.2) is 14.2 Å². The third-order valence-corrected chi connectivity index (χ3v) is 5.16. The number of fused-ring (bicyclic) bond motifs is 1. The lowest BCUT2D eigenvalue weighted by Gasteiger charge is -2.17. The highest BCUT2D eigenvalue weighted by molar-refractivity contribution is 6.33. The summed E-state index contributed by atoms with van der Waals surface area (Å²) in [5, 5.41) is 6.22. The summed E-state index contributed by atoms with van der Waals surface area (Å²) in [6.45, 7) is 4.11. The molecule has 4 rings (SSSR count). The minimum atomic E-state index is -0.521. The number of cyclic esters (lactones) is 1. The van der Waals surface area contributed by atoms with E-state index in [-0.39, 0.29) is 29.1 Å². The Morgan fingerprint density at radius 3 is 3.00 bits per heavy atom. The van der Waals surface area contributed by atoms with E-state index in [9.17, 15) is 9.18 Å². The number of nitrogens with one attached hydrogen (secondary N) is 2. The third kappa shape index (κ3) is 4.98. The van der Waals surface area contributed by atoms with Crippen LogP contribution in [0.1, 0.15) is 5.56 Å². The lowest BCUT2D eigenvalue weighted by atomic mass is 10.1. The summed E-state index contributed by atoms with van der Waals surface area (Å²) >= 11 is 6.25. The molecule has 0 fully saturated rings. The lowest BCUT2D eigenvalue weighted by Crippen LogP contribution is -2.25. The molecule has 0 saturated heterocycles. The van der Waals surface area contributed by atoms with Crippen LogP contribution in [-0.4, -0.2) is 36.3 Å². The minimum absolute atomic E-state index is 0.101. The fraction of sp³-hybridized carbons (Fsp3) is 0.174. The summed E-state index contributed by atoms with van der Waals surface area (Å²) in [7, 11) is 1.66. The molecule has 0 bridgehead atoms. The molecular formula is C23H21ClFN5O3. The zero-order chi connectivity index (χ0) is 23.4. The maximum atomic E-state index is 14.5. The number of anilines is 5. The van der Waals surface area contributed by atoms with Gasteiger partial charge >= 0.3 is 6.09 Å². The van der Waals surface area contributed by atoms with Crippen LogP contribution in [0, 0.1) is 5.82 Å². The van der Waals surface area contributed by atoms with Crippen LogP contribution in [0.4, 0.5) is 38.0 Å². The van der Waals surface area contributed by atoms with E-state index >= 15 is 0 Å². The quantitative estimate of drug-likeness (QED) is 0.445. The van der Waals surface area contributed by atoms with Crippen molar-refractivity contribution in [2.75, 3.05) is 35.8 Å². The number of nitrogens with zero attached hydrogens (tertiary/aromatic N) is 3. The SMILES string of the molecule is C=CCOc1cccc(F)c1Nc1nc(Nc2ccc3c(c2)CCOC(=O)N3C)ncc1Cl. The molecule has 2 heterocycles. The first-order valence-corrected chi connectivity index (χ1v) is 10.5. The third-order valence-electron chi connectivity index (χ3n) is 4.89. The van der Waals surface area contributed by atoms with Crippen molar-refractivity contribution in [3.05, 3.63) is 71.7 Å². The number of carbonyl (C=O) groups is 1. The normalized spacial score (nSPS) is 12.9. The van der Waals surface area contributed by atoms with E-state index in [0.717, 1.165) is 11.3 Å². The van der Waals surface area contributed by atoms with Crippen molar-refractivity contribution in [1.82, 2.24) is 9.97 Å². The van der Waals surface area contributed by atoms with E-state index < -0.39 is 11.9 Å². The molecule has 3 aromatic rings. The van der Waals surface area contributed by atoms with E-state index in [1.54, 1.807) is 31.3 Å². The first-order valence-electron chi connectivity index (χ1n) is 10.1. The van der Waals surface area contributed by atoms with E-state index in [4.69, 9.17) is 21.1 Å². The van der Waals surface area contributed by atoms with Crippen LogP contribution in [-0.2, 0) is 11.2 Å². The number of carbonyl (C=O) groups excluding carboxylic acids is 1.